The largest absolute Gasteiger partial charge is 0.302 e. The van der Waals surface area contributed by atoms with Gasteiger partial charge in [-0.3, -0.25) is 4.79 Å². The van der Waals surface area contributed by atoms with Gasteiger partial charge >= 0.3 is 0 Å². The number of benzene rings is 2. The summed E-state index contributed by atoms with van der Waals surface area (Å²) in [6, 6.07) is 13.5. The van der Waals surface area contributed by atoms with E-state index in [0.717, 1.165) is 5.56 Å². The number of anilines is 1. The fourth-order valence-corrected chi connectivity index (χ4v) is 5.99. The first-order valence-electron chi connectivity index (χ1n) is 9.61. The molecule has 1 saturated heterocycles. The van der Waals surface area contributed by atoms with Crippen LogP contribution in [-0.4, -0.2) is 36.7 Å². The van der Waals surface area contributed by atoms with E-state index >= 15 is 0 Å². The van der Waals surface area contributed by atoms with E-state index in [1.807, 2.05) is 23.6 Å². The van der Waals surface area contributed by atoms with Crippen molar-refractivity contribution in [2.45, 2.75) is 17.7 Å². The summed E-state index contributed by atoms with van der Waals surface area (Å²) in [5, 5.41) is 6.28. The number of nitrogens with zero attached hydrogens (tertiary/aromatic N) is 2. The van der Waals surface area contributed by atoms with E-state index in [2.05, 4.69) is 10.3 Å². The van der Waals surface area contributed by atoms with Gasteiger partial charge in [0.1, 0.15) is 0 Å². The molecule has 0 atom stereocenters. The third-order valence-corrected chi connectivity index (χ3v) is 8.41. The first kappa shape index (κ1) is 22.2. The van der Waals surface area contributed by atoms with E-state index in [-0.39, 0.29) is 29.8 Å². The molecule has 31 heavy (non-hydrogen) atoms. The molecule has 2 heterocycles. The maximum absolute atomic E-state index is 12.8. The van der Waals surface area contributed by atoms with E-state index < -0.39 is 10.0 Å². The fraction of sp³-hybridized carbons (Fsp3) is 0.238. The number of hydrogen-bond donors (Lipinski definition) is 1. The third kappa shape index (κ3) is 4.94. The third-order valence-electron chi connectivity index (χ3n) is 5.16. The van der Waals surface area contributed by atoms with Crippen LogP contribution in [0.3, 0.4) is 0 Å². The van der Waals surface area contributed by atoms with E-state index in [0.29, 0.717) is 33.7 Å². The lowest BCUT2D eigenvalue weighted by Gasteiger charge is -2.30. The summed E-state index contributed by atoms with van der Waals surface area (Å²) < 4.78 is 27.0. The Morgan fingerprint density at radius 2 is 1.74 bits per heavy atom. The minimum absolute atomic E-state index is 0.149. The molecule has 0 aliphatic carbocycles. The molecular weight excluding hydrogens is 477 g/mol. The predicted octanol–water partition coefficient (Wildman–Crippen LogP) is 5.16. The Balaban J connectivity index is 1.37. The molecule has 1 aromatic heterocycles. The number of sulfonamides is 1. The van der Waals surface area contributed by atoms with Gasteiger partial charge < -0.3 is 5.32 Å². The highest BCUT2D eigenvalue weighted by molar-refractivity contribution is 7.89. The monoisotopic (exact) mass is 495 g/mol. The van der Waals surface area contributed by atoms with Gasteiger partial charge in [0.15, 0.2) is 5.13 Å². The summed E-state index contributed by atoms with van der Waals surface area (Å²) >= 11 is 13.4. The zero-order chi connectivity index (χ0) is 22.0. The first-order valence-corrected chi connectivity index (χ1v) is 12.7. The lowest BCUT2D eigenvalue weighted by Crippen LogP contribution is -2.41. The maximum Gasteiger partial charge on any atom is 0.243 e. The minimum atomic E-state index is -3.60. The van der Waals surface area contributed by atoms with Gasteiger partial charge in [-0.2, -0.15) is 4.31 Å². The second-order valence-corrected chi connectivity index (χ2v) is 10.8. The van der Waals surface area contributed by atoms with Gasteiger partial charge in [-0.1, -0.05) is 41.4 Å². The molecule has 1 aliphatic heterocycles. The van der Waals surface area contributed by atoms with Crippen LogP contribution in [0.2, 0.25) is 10.0 Å². The molecule has 2 aromatic carbocycles. The number of thiazole rings is 1. The van der Waals surface area contributed by atoms with Gasteiger partial charge in [0.05, 0.1) is 10.6 Å². The number of aromatic nitrogens is 1. The summed E-state index contributed by atoms with van der Waals surface area (Å²) in [6.07, 6.45) is 0.892. The van der Waals surface area contributed by atoms with Crippen molar-refractivity contribution in [3.63, 3.8) is 0 Å². The van der Waals surface area contributed by atoms with Crippen LogP contribution in [0.1, 0.15) is 12.8 Å². The smallest absolute Gasteiger partial charge is 0.243 e. The SMILES string of the molecule is O=C(Nc1nc(-c2ccccc2Cl)cs1)C1CCN(S(=O)(=O)c2ccc(Cl)cc2)CC1. The fourth-order valence-electron chi connectivity index (χ4n) is 3.45. The Labute approximate surface area is 194 Å². The summed E-state index contributed by atoms with van der Waals surface area (Å²) in [5.41, 5.74) is 1.51. The number of carbonyl (C=O) groups excluding carboxylic acids is 1. The number of carbonyl (C=O) groups is 1. The number of nitrogens with one attached hydrogen (secondary N) is 1. The van der Waals surface area contributed by atoms with Crippen LogP contribution in [0.15, 0.2) is 58.8 Å². The van der Waals surface area contributed by atoms with Gasteiger partial charge in [-0.05, 0) is 43.2 Å². The Bertz CT molecular complexity index is 1190. The zero-order valence-electron chi connectivity index (χ0n) is 16.3. The average Bonchev–Trinajstić information content (AvgIpc) is 3.22. The molecule has 162 valence electrons. The van der Waals surface area contributed by atoms with Crippen LogP contribution in [-0.2, 0) is 14.8 Å². The van der Waals surface area contributed by atoms with Crippen molar-refractivity contribution in [3.8, 4) is 11.3 Å². The Morgan fingerprint density at radius 1 is 1.06 bits per heavy atom. The Morgan fingerprint density at radius 3 is 2.42 bits per heavy atom. The molecule has 1 aliphatic rings. The van der Waals surface area contributed by atoms with Crippen LogP contribution >= 0.6 is 34.5 Å². The van der Waals surface area contributed by atoms with E-state index in [1.165, 1.54) is 27.8 Å². The molecule has 10 heteroatoms. The van der Waals surface area contributed by atoms with Crippen molar-refractivity contribution in [1.29, 1.82) is 0 Å². The van der Waals surface area contributed by atoms with Gasteiger partial charge in [0, 0.05) is 40.0 Å². The summed E-state index contributed by atoms with van der Waals surface area (Å²) in [5.74, 6) is -0.423. The summed E-state index contributed by atoms with van der Waals surface area (Å²) in [6.45, 7) is 0.567. The van der Waals surface area contributed by atoms with Crippen molar-refractivity contribution in [2.24, 2.45) is 5.92 Å². The van der Waals surface area contributed by atoms with Crippen molar-refractivity contribution in [1.82, 2.24) is 9.29 Å². The highest BCUT2D eigenvalue weighted by atomic mass is 35.5. The minimum Gasteiger partial charge on any atom is -0.302 e. The summed E-state index contributed by atoms with van der Waals surface area (Å²) in [7, 11) is -3.60. The molecular formula is C21H19Cl2N3O3S2. The van der Waals surface area contributed by atoms with Crippen molar-refractivity contribution >= 4 is 55.6 Å². The standard InChI is InChI=1S/C21H19Cl2N3O3S2/c22-15-5-7-16(8-6-15)31(28,29)26-11-9-14(10-12-26)20(27)25-21-24-19(13-30-21)17-3-1-2-4-18(17)23/h1-8,13-14H,9-12H2,(H,24,25,27). The molecule has 0 saturated carbocycles. The lowest BCUT2D eigenvalue weighted by atomic mass is 9.97. The van der Waals surface area contributed by atoms with Gasteiger partial charge in [-0.25, -0.2) is 13.4 Å². The molecule has 1 fully saturated rings. The van der Waals surface area contributed by atoms with E-state index in [1.54, 1.807) is 18.2 Å². The second-order valence-electron chi connectivity index (χ2n) is 7.14. The van der Waals surface area contributed by atoms with Crippen LogP contribution in [0, 0.1) is 5.92 Å². The average molecular weight is 496 g/mol. The Kier molecular flexibility index (Phi) is 6.64. The van der Waals surface area contributed by atoms with Gasteiger partial charge in [0.25, 0.3) is 0 Å². The van der Waals surface area contributed by atoms with Crippen LogP contribution in [0.25, 0.3) is 11.3 Å². The second kappa shape index (κ2) is 9.26. The number of amides is 1. The van der Waals surface area contributed by atoms with Crippen molar-refractivity contribution in [2.75, 3.05) is 18.4 Å². The van der Waals surface area contributed by atoms with E-state index in [9.17, 15) is 13.2 Å². The molecule has 3 aromatic rings. The number of hydrogen-bond acceptors (Lipinski definition) is 5. The van der Waals surface area contributed by atoms with Crippen LogP contribution < -0.4 is 5.32 Å². The molecule has 4 rings (SSSR count). The molecule has 1 amide bonds. The van der Waals surface area contributed by atoms with Crippen LogP contribution in [0.4, 0.5) is 5.13 Å². The molecule has 0 radical (unpaired) electrons. The van der Waals surface area contributed by atoms with Crippen molar-refractivity contribution < 1.29 is 13.2 Å². The molecule has 0 bridgehead atoms. The quantitative estimate of drug-likeness (QED) is 0.530. The number of piperidine rings is 1. The predicted molar refractivity (Wildman–Crippen MR) is 124 cm³/mol. The van der Waals surface area contributed by atoms with Crippen LogP contribution in [0.5, 0.6) is 0 Å². The normalized spacial score (nSPS) is 15.7. The lowest BCUT2D eigenvalue weighted by molar-refractivity contribution is -0.120. The Hall–Kier alpha value is -1.97. The molecule has 0 spiro atoms. The summed E-state index contributed by atoms with van der Waals surface area (Å²) in [4.78, 5) is 17.4. The topological polar surface area (TPSA) is 79.4 Å². The van der Waals surface area contributed by atoms with E-state index in [4.69, 9.17) is 23.2 Å². The highest BCUT2D eigenvalue weighted by Crippen LogP contribution is 2.31. The first-order chi connectivity index (χ1) is 14.8. The zero-order valence-corrected chi connectivity index (χ0v) is 19.4. The van der Waals surface area contributed by atoms with Gasteiger partial charge in [0.2, 0.25) is 15.9 Å². The number of halogens is 2. The molecule has 1 N–H and O–H groups in total. The molecule has 0 unspecified atom stereocenters. The van der Waals surface area contributed by atoms with Crippen molar-refractivity contribution in [3.05, 3.63) is 64.0 Å². The maximum atomic E-state index is 12.8. The molecule has 6 nitrogen and oxygen atoms in total. The van der Waals surface area contributed by atoms with Gasteiger partial charge in [-0.15, -0.1) is 11.3 Å². The highest BCUT2D eigenvalue weighted by Gasteiger charge is 2.32. The number of rotatable bonds is 5.